The summed E-state index contributed by atoms with van der Waals surface area (Å²) >= 11 is 1.79. The predicted molar refractivity (Wildman–Crippen MR) is 100 cm³/mol. The molecule has 0 saturated carbocycles. The average molecular weight is 335 g/mol. The van der Waals surface area contributed by atoms with Gasteiger partial charge in [-0.05, 0) is 24.3 Å². The fourth-order valence-corrected chi connectivity index (χ4v) is 4.11. The second-order valence-electron chi connectivity index (χ2n) is 5.85. The van der Waals surface area contributed by atoms with E-state index in [0.29, 0.717) is 0 Å². The highest BCUT2D eigenvalue weighted by atomic mass is 32.2. The largest absolute Gasteiger partial charge is 0.497 e. The van der Waals surface area contributed by atoms with Crippen molar-refractivity contribution < 1.29 is 9.30 Å². The molecule has 24 heavy (non-hydrogen) atoms. The van der Waals surface area contributed by atoms with E-state index < -0.39 is 0 Å². The lowest BCUT2D eigenvalue weighted by molar-refractivity contribution is -0.646. The second kappa shape index (κ2) is 5.87. The third kappa shape index (κ3) is 2.43. The molecule has 0 aliphatic carbocycles. The molecule has 120 valence electrons. The molecule has 0 saturated heterocycles. The van der Waals surface area contributed by atoms with Crippen molar-refractivity contribution in [3.63, 3.8) is 0 Å². The minimum Gasteiger partial charge on any atom is -0.497 e. The second-order valence-corrected chi connectivity index (χ2v) is 6.92. The molecule has 4 rings (SSSR count). The van der Waals surface area contributed by atoms with E-state index in [1.807, 2.05) is 6.07 Å². The van der Waals surface area contributed by atoms with Crippen LogP contribution in [-0.2, 0) is 7.05 Å². The van der Waals surface area contributed by atoms with Gasteiger partial charge in [-0.2, -0.15) is 4.57 Å². The first kappa shape index (κ1) is 15.1. The zero-order valence-corrected chi connectivity index (χ0v) is 14.8. The van der Waals surface area contributed by atoms with Crippen molar-refractivity contribution in [2.24, 2.45) is 7.05 Å². The number of benzene rings is 2. The van der Waals surface area contributed by atoms with Crippen LogP contribution in [0.5, 0.6) is 5.75 Å². The van der Waals surface area contributed by atoms with Crippen LogP contribution >= 0.6 is 11.8 Å². The first-order valence-electron chi connectivity index (χ1n) is 7.86. The summed E-state index contributed by atoms with van der Waals surface area (Å²) in [5, 5.41) is 2.46. The normalized spacial score (nSPS) is 15.1. The lowest BCUT2D eigenvalue weighted by Crippen LogP contribution is -2.32. The number of aryl methyl sites for hydroxylation is 1. The molecular formula is C20H19N2OS+. The van der Waals surface area contributed by atoms with Crippen molar-refractivity contribution in [3.05, 3.63) is 65.3 Å². The average Bonchev–Trinajstić information content (AvgIpc) is 2.93. The van der Waals surface area contributed by atoms with Crippen molar-refractivity contribution in [3.8, 4) is 5.75 Å². The summed E-state index contributed by atoms with van der Waals surface area (Å²) in [6.45, 7) is 0. The Morgan fingerprint density at radius 3 is 2.75 bits per heavy atom. The van der Waals surface area contributed by atoms with Gasteiger partial charge in [0.25, 0.3) is 0 Å². The van der Waals surface area contributed by atoms with E-state index in [9.17, 15) is 0 Å². The van der Waals surface area contributed by atoms with Crippen LogP contribution in [-0.4, -0.2) is 14.2 Å². The van der Waals surface area contributed by atoms with Crippen LogP contribution in [0.3, 0.4) is 0 Å². The maximum absolute atomic E-state index is 5.35. The summed E-state index contributed by atoms with van der Waals surface area (Å²) < 4.78 is 7.59. The lowest BCUT2D eigenvalue weighted by Gasteiger charge is -2.13. The highest BCUT2D eigenvalue weighted by Crippen LogP contribution is 2.46. The van der Waals surface area contributed by atoms with Crippen molar-refractivity contribution >= 4 is 34.4 Å². The Balaban J connectivity index is 1.76. The molecule has 1 aromatic heterocycles. The molecule has 1 aliphatic heterocycles. The molecule has 0 radical (unpaired) electrons. The minimum absolute atomic E-state index is 0.888. The molecule has 2 aromatic carbocycles. The van der Waals surface area contributed by atoms with Gasteiger partial charge < -0.3 is 9.64 Å². The number of thioether (sulfide) groups is 1. The van der Waals surface area contributed by atoms with Crippen molar-refractivity contribution in [1.29, 1.82) is 0 Å². The number of hydrogen-bond donors (Lipinski definition) is 0. The van der Waals surface area contributed by atoms with Crippen LogP contribution in [0.25, 0.3) is 17.0 Å². The monoisotopic (exact) mass is 335 g/mol. The first-order valence-corrected chi connectivity index (χ1v) is 8.68. The Bertz CT molecular complexity index is 965. The van der Waals surface area contributed by atoms with E-state index in [4.69, 9.17) is 4.74 Å². The van der Waals surface area contributed by atoms with Gasteiger partial charge in [0.1, 0.15) is 12.8 Å². The van der Waals surface area contributed by atoms with Crippen LogP contribution < -0.4 is 14.2 Å². The van der Waals surface area contributed by atoms with Crippen LogP contribution in [0, 0.1) is 0 Å². The summed E-state index contributed by atoms with van der Waals surface area (Å²) in [4.78, 5) is 3.48. The van der Waals surface area contributed by atoms with Gasteiger partial charge in [-0.25, -0.2) is 0 Å². The lowest BCUT2D eigenvalue weighted by atomic mass is 10.2. The van der Waals surface area contributed by atoms with Crippen molar-refractivity contribution in [2.75, 3.05) is 19.1 Å². The highest BCUT2D eigenvalue weighted by molar-refractivity contribution is 8.03. The van der Waals surface area contributed by atoms with Gasteiger partial charge in [0.2, 0.25) is 11.2 Å². The van der Waals surface area contributed by atoms with Crippen LogP contribution in [0.2, 0.25) is 0 Å². The number of anilines is 1. The van der Waals surface area contributed by atoms with Crippen molar-refractivity contribution in [1.82, 2.24) is 0 Å². The SMILES string of the molecule is COc1ccc2c(c1)N(C)/C(=C/c1ccc3ccccc3[n+]1C)S2. The molecule has 3 aromatic rings. The van der Waals surface area contributed by atoms with Gasteiger partial charge in [-0.1, -0.05) is 23.9 Å². The Labute approximate surface area is 146 Å². The number of nitrogens with zero attached hydrogens (tertiary/aromatic N) is 2. The smallest absolute Gasteiger partial charge is 0.212 e. The fraction of sp³-hybridized carbons (Fsp3) is 0.150. The fourth-order valence-electron chi connectivity index (χ4n) is 3.03. The van der Waals surface area contributed by atoms with E-state index >= 15 is 0 Å². The molecule has 0 spiro atoms. The minimum atomic E-state index is 0.888. The molecule has 0 amide bonds. The maximum Gasteiger partial charge on any atom is 0.212 e. The Hall–Kier alpha value is -2.46. The zero-order chi connectivity index (χ0) is 16.7. The molecular weight excluding hydrogens is 316 g/mol. The van der Waals surface area contributed by atoms with Crippen LogP contribution in [0.4, 0.5) is 5.69 Å². The van der Waals surface area contributed by atoms with E-state index in [0.717, 1.165) is 5.75 Å². The summed E-state index contributed by atoms with van der Waals surface area (Å²) in [5.41, 5.74) is 3.61. The van der Waals surface area contributed by atoms with Crippen LogP contribution in [0.15, 0.2) is 64.5 Å². The van der Waals surface area contributed by atoms with E-state index in [1.54, 1.807) is 18.9 Å². The Morgan fingerprint density at radius 1 is 1.08 bits per heavy atom. The van der Waals surface area contributed by atoms with E-state index in [1.165, 1.54) is 32.2 Å². The third-order valence-corrected chi connectivity index (χ3v) is 5.63. The van der Waals surface area contributed by atoms with E-state index in [2.05, 4.69) is 78.2 Å². The first-order chi connectivity index (χ1) is 11.7. The molecule has 0 atom stereocenters. The molecule has 1 aliphatic rings. The van der Waals surface area contributed by atoms with Gasteiger partial charge in [0, 0.05) is 41.6 Å². The molecule has 0 unspecified atom stereocenters. The molecule has 2 heterocycles. The molecule has 0 fully saturated rings. The van der Waals surface area contributed by atoms with Gasteiger partial charge >= 0.3 is 0 Å². The number of rotatable bonds is 2. The maximum atomic E-state index is 5.35. The van der Waals surface area contributed by atoms with E-state index in [-0.39, 0.29) is 0 Å². The van der Waals surface area contributed by atoms with Gasteiger partial charge in [-0.3, -0.25) is 0 Å². The standard InChI is InChI=1S/C20H19N2OS/c1-21-15(9-8-14-6-4-5-7-17(14)21)12-20-22(2)18-13-16(23-3)10-11-19(18)24-20/h4-13H,1-3H3/q+1. The number of methoxy groups -OCH3 is 1. The Morgan fingerprint density at radius 2 is 1.92 bits per heavy atom. The summed E-state index contributed by atoms with van der Waals surface area (Å²) in [5.74, 6) is 0.888. The van der Waals surface area contributed by atoms with Crippen molar-refractivity contribution in [2.45, 2.75) is 4.90 Å². The Kier molecular flexibility index (Phi) is 3.69. The third-order valence-electron chi connectivity index (χ3n) is 4.46. The molecule has 0 bridgehead atoms. The van der Waals surface area contributed by atoms with Gasteiger partial charge in [-0.15, -0.1) is 0 Å². The number of fused-ring (bicyclic) bond motifs is 2. The number of aromatic nitrogens is 1. The number of hydrogen-bond acceptors (Lipinski definition) is 3. The summed E-state index contributed by atoms with van der Waals surface area (Å²) in [6, 6.07) is 19.0. The highest BCUT2D eigenvalue weighted by Gasteiger charge is 2.24. The molecule has 4 heteroatoms. The topological polar surface area (TPSA) is 16.4 Å². The number of pyridine rings is 1. The molecule has 0 N–H and O–H groups in total. The quantitative estimate of drug-likeness (QED) is 0.653. The van der Waals surface area contributed by atoms with Gasteiger partial charge in [0.15, 0.2) is 0 Å². The van der Waals surface area contributed by atoms with Crippen LogP contribution in [0.1, 0.15) is 5.69 Å². The number of ether oxygens (including phenoxy) is 1. The number of para-hydroxylation sites is 1. The summed E-state index contributed by atoms with van der Waals surface area (Å²) in [7, 11) is 5.92. The predicted octanol–water partition coefficient (Wildman–Crippen LogP) is 4.21. The summed E-state index contributed by atoms with van der Waals surface area (Å²) in [6.07, 6.45) is 2.24. The van der Waals surface area contributed by atoms with Gasteiger partial charge in [0.05, 0.1) is 17.8 Å². The molecule has 3 nitrogen and oxygen atoms in total. The zero-order valence-electron chi connectivity index (χ0n) is 14.0.